The third kappa shape index (κ3) is 1.16. The summed E-state index contributed by atoms with van der Waals surface area (Å²) in [6.45, 7) is 0. The molecule has 3 nitrogen and oxygen atoms in total. The molecule has 1 heterocycles. The Hall–Kier alpha value is -1.77. The molecule has 1 aliphatic heterocycles. The number of hydrogen-bond acceptors (Lipinski definition) is 3. The standard InChI is InChI=1S/C9H6N2O/c12-9-2-1-7-3-4-10-11-6-8(7)5-9/h1-6H. The van der Waals surface area contributed by atoms with Crippen LogP contribution < -0.4 is 5.43 Å². The normalized spacial score (nSPS) is 10.0. The average Bonchev–Trinajstić information content (AvgIpc) is 2.28. The van der Waals surface area contributed by atoms with Crippen molar-refractivity contribution in [3.05, 3.63) is 46.9 Å². The molecule has 0 aromatic carbocycles. The lowest BCUT2D eigenvalue weighted by atomic mass is 10.1. The van der Waals surface area contributed by atoms with Crippen molar-refractivity contribution in [2.24, 2.45) is 0 Å². The maximum atomic E-state index is 10.9. The first kappa shape index (κ1) is 6.91. The quantitative estimate of drug-likeness (QED) is 0.573. The van der Waals surface area contributed by atoms with Gasteiger partial charge in [-0.3, -0.25) is 4.79 Å². The molecule has 0 spiro atoms. The van der Waals surface area contributed by atoms with Gasteiger partial charge < -0.3 is 0 Å². The summed E-state index contributed by atoms with van der Waals surface area (Å²) >= 11 is 0. The molecule has 2 rings (SSSR count). The van der Waals surface area contributed by atoms with Gasteiger partial charge in [0.05, 0.1) is 12.4 Å². The van der Waals surface area contributed by atoms with Crippen molar-refractivity contribution in [2.75, 3.05) is 0 Å². The molecule has 1 aliphatic carbocycles. The Morgan fingerprint density at radius 3 is 2.83 bits per heavy atom. The molecule has 58 valence electrons. The van der Waals surface area contributed by atoms with Crippen LogP contribution in [0.4, 0.5) is 0 Å². The van der Waals surface area contributed by atoms with E-state index >= 15 is 0 Å². The van der Waals surface area contributed by atoms with E-state index in [1.54, 1.807) is 24.5 Å². The predicted molar refractivity (Wildman–Crippen MR) is 44.9 cm³/mol. The van der Waals surface area contributed by atoms with Crippen molar-refractivity contribution in [3.63, 3.8) is 0 Å². The fourth-order valence-electron chi connectivity index (χ4n) is 1.06. The smallest absolute Gasteiger partial charge is 0.179 e. The Balaban J connectivity index is 2.82. The number of aromatic nitrogens is 2. The van der Waals surface area contributed by atoms with Crippen molar-refractivity contribution >= 4 is 0 Å². The largest absolute Gasteiger partial charge is 0.290 e. The van der Waals surface area contributed by atoms with Crippen LogP contribution in [0.15, 0.2) is 41.5 Å². The van der Waals surface area contributed by atoms with E-state index < -0.39 is 0 Å². The molecular formula is C9H6N2O. The van der Waals surface area contributed by atoms with E-state index in [9.17, 15) is 4.79 Å². The lowest BCUT2D eigenvalue weighted by Gasteiger charge is -1.94. The molecule has 0 saturated carbocycles. The Labute approximate surface area is 69.0 Å². The average molecular weight is 158 g/mol. The van der Waals surface area contributed by atoms with Crippen LogP contribution in [0.25, 0.3) is 11.1 Å². The minimum absolute atomic E-state index is 0.00417. The van der Waals surface area contributed by atoms with E-state index in [1.807, 2.05) is 6.07 Å². The van der Waals surface area contributed by atoms with Crippen LogP contribution in [0.1, 0.15) is 0 Å². The summed E-state index contributed by atoms with van der Waals surface area (Å²) < 4.78 is 0. The first-order chi connectivity index (χ1) is 5.86. The summed E-state index contributed by atoms with van der Waals surface area (Å²) in [7, 11) is 0. The van der Waals surface area contributed by atoms with Crippen LogP contribution in [0.3, 0.4) is 0 Å². The Kier molecular flexibility index (Phi) is 1.55. The number of fused-ring (bicyclic) bond motifs is 1. The molecule has 0 fully saturated rings. The zero-order chi connectivity index (χ0) is 8.39. The SMILES string of the molecule is O=c1ccc2ccnncc-2c1. The zero-order valence-corrected chi connectivity index (χ0v) is 6.27. The van der Waals surface area contributed by atoms with Crippen molar-refractivity contribution in [3.8, 4) is 11.1 Å². The number of hydrogen-bond donors (Lipinski definition) is 0. The summed E-state index contributed by atoms with van der Waals surface area (Å²) in [6, 6.07) is 6.66. The molecule has 0 radical (unpaired) electrons. The highest BCUT2D eigenvalue weighted by Crippen LogP contribution is 2.14. The van der Waals surface area contributed by atoms with Gasteiger partial charge in [-0.1, -0.05) is 6.07 Å². The van der Waals surface area contributed by atoms with Crippen LogP contribution in [0.2, 0.25) is 0 Å². The molecule has 0 atom stereocenters. The fourth-order valence-corrected chi connectivity index (χ4v) is 1.06. The fraction of sp³-hybridized carbons (Fsp3) is 0. The summed E-state index contributed by atoms with van der Waals surface area (Å²) in [4.78, 5) is 10.9. The van der Waals surface area contributed by atoms with Crippen molar-refractivity contribution in [1.29, 1.82) is 0 Å². The Morgan fingerprint density at radius 1 is 1.00 bits per heavy atom. The molecule has 0 aromatic heterocycles. The first-order valence-electron chi connectivity index (χ1n) is 3.57. The zero-order valence-electron chi connectivity index (χ0n) is 6.27. The second-order valence-electron chi connectivity index (χ2n) is 2.47. The third-order valence-corrected chi connectivity index (χ3v) is 1.64. The highest BCUT2D eigenvalue weighted by atomic mass is 16.1. The number of benzene rings is 1. The maximum Gasteiger partial charge on any atom is 0.179 e. The van der Waals surface area contributed by atoms with Gasteiger partial charge in [-0.2, -0.15) is 10.2 Å². The van der Waals surface area contributed by atoms with E-state index in [2.05, 4.69) is 10.2 Å². The maximum absolute atomic E-state index is 10.9. The monoisotopic (exact) mass is 158 g/mol. The molecule has 0 N–H and O–H groups in total. The molecule has 0 aromatic rings. The van der Waals surface area contributed by atoms with Crippen LogP contribution in [-0.2, 0) is 0 Å². The lowest BCUT2D eigenvalue weighted by Crippen LogP contribution is -1.95. The van der Waals surface area contributed by atoms with Gasteiger partial charge in [-0.05, 0) is 23.8 Å². The van der Waals surface area contributed by atoms with E-state index in [0.29, 0.717) is 0 Å². The lowest BCUT2D eigenvalue weighted by molar-refractivity contribution is 1.06. The van der Waals surface area contributed by atoms with Crippen LogP contribution in [0.5, 0.6) is 0 Å². The molecule has 0 unspecified atom stereocenters. The molecule has 2 aliphatic rings. The van der Waals surface area contributed by atoms with Gasteiger partial charge in [-0.15, -0.1) is 0 Å². The number of nitrogens with zero attached hydrogens (tertiary/aromatic N) is 2. The third-order valence-electron chi connectivity index (χ3n) is 1.64. The van der Waals surface area contributed by atoms with Crippen LogP contribution in [0, 0.1) is 0 Å². The minimum atomic E-state index is -0.00417. The Bertz CT molecular complexity index is 428. The summed E-state index contributed by atoms with van der Waals surface area (Å²) in [6.07, 6.45) is 3.18. The van der Waals surface area contributed by atoms with Crippen molar-refractivity contribution in [1.82, 2.24) is 10.2 Å². The molecule has 0 saturated heterocycles. The van der Waals surface area contributed by atoms with Gasteiger partial charge in [0.2, 0.25) is 0 Å². The highest BCUT2D eigenvalue weighted by molar-refractivity contribution is 5.62. The van der Waals surface area contributed by atoms with Gasteiger partial charge in [-0.25, -0.2) is 0 Å². The van der Waals surface area contributed by atoms with E-state index in [0.717, 1.165) is 11.1 Å². The van der Waals surface area contributed by atoms with Crippen LogP contribution >= 0.6 is 0 Å². The summed E-state index contributed by atoms with van der Waals surface area (Å²) in [5.41, 5.74) is 1.79. The molecule has 12 heavy (non-hydrogen) atoms. The van der Waals surface area contributed by atoms with Gasteiger partial charge in [0.1, 0.15) is 0 Å². The van der Waals surface area contributed by atoms with Crippen LogP contribution in [-0.4, -0.2) is 10.2 Å². The number of rotatable bonds is 0. The summed E-state index contributed by atoms with van der Waals surface area (Å²) in [5.74, 6) is 0. The van der Waals surface area contributed by atoms with Crippen molar-refractivity contribution in [2.45, 2.75) is 0 Å². The molecular weight excluding hydrogens is 152 g/mol. The van der Waals surface area contributed by atoms with E-state index in [1.165, 1.54) is 6.07 Å². The minimum Gasteiger partial charge on any atom is -0.290 e. The second-order valence-corrected chi connectivity index (χ2v) is 2.47. The highest BCUT2D eigenvalue weighted by Gasteiger charge is 1.97. The summed E-state index contributed by atoms with van der Waals surface area (Å²) in [5, 5.41) is 7.43. The van der Waals surface area contributed by atoms with Gasteiger partial charge >= 0.3 is 0 Å². The molecule has 0 bridgehead atoms. The molecule has 0 amide bonds. The first-order valence-corrected chi connectivity index (χ1v) is 3.57. The Morgan fingerprint density at radius 2 is 1.92 bits per heavy atom. The topological polar surface area (TPSA) is 42.9 Å². The second kappa shape index (κ2) is 2.70. The predicted octanol–water partition coefficient (Wildman–Crippen LogP) is 0.942. The van der Waals surface area contributed by atoms with Gasteiger partial charge in [0, 0.05) is 5.56 Å². The van der Waals surface area contributed by atoms with E-state index in [-0.39, 0.29) is 5.43 Å². The molecule has 3 heteroatoms. The van der Waals surface area contributed by atoms with E-state index in [4.69, 9.17) is 0 Å². The van der Waals surface area contributed by atoms with Crippen molar-refractivity contribution < 1.29 is 0 Å². The van der Waals surface area contributed by atoms with Gasteiger partial charge in [0.15, 0.2) is 5.43 Å². The van der Waals surface area contributed by atoms with Gasteiger partial charge in [0.25, 0.3) is 0 Å².